The van der Waals surface area contributed by atoms with Crippen LogP contribution in [0, 0.1) is 0 Å². The molecule has 0 atom stereocenters. The highest BCUT2D eigenvalue weighted by molar-refractivity contribution is 5.85. The van der Waals surface area contributed by atoms with Crippen LogP contribution in [-0.4, -0.2) is 14.4 Å². The maximum atomic E-state index is 10.9. The summed E-state index contributed by atoms with van der Waals surface area (Å²) in [4.78, 5) is 17.3. The summed E-state index contributed by atoms with van der Waals surface area (Å²) >= 11 is 0. The van der Waals surface area contributed by atoms with Crippen molar-refractivity contribution < 1.29 is 0 Å². The predicted molar refractivity (Wildman–Crippen MR) is 43.1 cm³/mol. The molecule has 0 spiro atoms. The lowest BCUT2D eigenvalue weighted by molar-refractivity contribution is 1.09. The first-order valence-electron chi connectivity index (χ1n) is 2.87. The summed E-state index contributed by atoms with van der Waals surface area (Å²) in [6, 6.07) is 0. The Balaban J connectivity index is 0.000000605. The Morgan fingerprint density at radius 1 is 1.55 bits per heavy atom. The second-order valence-corrected chi connectivity index (χ2v) is 1.98. The van der Waals surface area contributed by atoms with Gasteiger partial charge in [-0.25, -0.2) is 4.98 Å². The molecular weight excluding hydrogens is 166 g/mol. The van der Waals surface area contributed by atoms with Crippen LogP contribution in [0.5, 0.6) is 0 Å². The minimum atomic E-state index is -0.111. The molecule has 2 aromatic rings. The zero-order valence-electron chi connectivity index (χ0n) is 5.52. The molecule has 4 nitrogen and oxygen atoms in total. The van der Waals surface area contributed by atoms with Gasteiger partial charge in [-0.1, -0.05) is 0 Å². The molecule has 58 valence electrons. The molecule has 0 bridgehead atoms. The summed E-state index contributed by atoms with van der Waals surface area (Å²) in [6.45, 7) is 0. The van der Waals surface area contributed by atoms with Crippen molar-refractivity contribution in [2.45, 2.75) is 0 Å². The van der Waals surface area contributed by atoms with Crippen molar-refractivity contribution in [3.05, 3.63) is 35.3 Å². The topological polar surface area (TPSA) is 50.2 Å². The van der Waals surface area contributed by atoms with E-state index in [2.05, 4.69) is 9.97 Å². The highest BCUT2D eigenvalue weighted by Crippen LogP contribution is 1.90. The van der Waals surface area contributed by atoms with E-state index in [-0.39, 0.29) is 18.0 Å². The van der Waals surface area contributed by atoms with Crippen molar-refractivity contribution in [3.8, 4) is 0 Å². The molecule has 0 fully saturated rings. The van der Waals surface area contributed by atoms with Gasteiger partial charge >= 0.3 is 0 Å². The van der Waals surface area contributed by atoms with Crippen molar-refractivity contribution in [3.63, 3.8) is 0 Å². The normalized spacial score (nSPS) is 9.45. The van der Waals surface area contributed by atoms with E-state index in [9.17, 15) is 4.79 Å². The quantitative estimate of drug-likeness (QED) is 0.626. The van der Waals surface area contributed by atoms with Crippen LogP contribution < -0.4 is 5.56 Å². The molecule has 11 heavy (non-hydrogen) atoms. The Morgan fingerprint density at radius 3 is 3.09 bits per heavy atom. The number of halogens is 1. The lowest BCUT2D eigenvalue weighted by Gasteiger charge is -1.87. The molecule has 2 rings (SSSR count). The Hall–Kier alpha value is -1.29. The van der Waals surface area contributed by atoms with Gasteiger partial charge in [-0.3, -0.25) is 4.79 Å². The van der Waals surface area contributed by atoms with Crippen molar-refractivity contribution in [2.75, 3.05) is 0 Å². The number of nitrogens with one attached hydrogen (secondary N) is 1. The van der Waals surface area contributed by atoms with Gasteiger partial charge in [-0.15, -0.1) is 12.4 Å². The summed E-state index contributed by atoms with van der Waals surface area (Å²) in [5.74, 6) is 0. The molecule has 0 saturated heterocycles. The summed E-state index contributed by atoms with van der Waals surface area (Å²) in [6.07, 6.45) is 6.43. The van der Waals surface area contributed by atoms with E-state index >= 15 is 0 Å². The molecule has 1 N–H and O–H groups in total. The van der Waals surface area contributed by atoms with E-state index in [1.807, 2.05) is 0 Å². The van der Waals surface area contributed by atoms with Crippen LogP contribution in [0.25, 0.3) is 5.52 Å². The second-order valence-electron chi connectivity index (χ2n) is 1.98. The molecule has 0 radical (unpaired) electrons. The zero-order valence-corrected chi connectivity index (χ0v) is 6.34. The third kappa shape index (κ3) is 1.12. The number of H-pyrrole nitrogens is 1. The predicted octanol–water partition coefficient (Wildman–Crippen LogP) is 0.444. The summed E-state index contributed by atoms with van der Waals surface area (Å²) in [5.41, 5.74) is 0.461. The fourth-order valence-corrected chi connectivity index (χ4v) is 0.866. The van der Waals surface area contributed by atoms with Crippen LogP contribution in [0.4, 0.5) is 0 Å². The fourth-order valence-electron chi connectivity index (χ4n) is 0.866. The highest BCUT2D eigenvalue weighted by atomic mass is 35.5. The third-order valence-corrected chi connectivity index (χ3v) is 1.35. The minimum Gasteiger partial charge on any atom is -0.326 e. The standard InChI is InChI=1S/C6H5N3O.ClH/c10-6-5-3-7-4-9(5)2-1-8-6;/h1-4H,(H,8,10);1H. The number of aromatic amines is 1. The van der Waals surface area contributed by atoms with E-state index in [4.69, 9.17) is 0 Å². The second kappa shape index (κ2) is 2.75. The molecule has 2 aromatic heterocycles. The first-order chi connectivity index (χ1) is 4.88. The average molecular weight is 172 g/mol. The average Bonchev–Trinajstić information content (AvgIpc) is 2.36. The first-order valence-corrected chi connectivity index (χ1v) is 2.87. The molecule has 0 unspecified atom stereocenters. The van der Waals surface area contributed by atoms with Gasteiger partial charge in [0, 0.05) is 12.4 Å². The van der Waals surface area contributed by atoms with E-state index in [1.54, 1.807) is 23.1 Å². The number of hydrogen-bond acceptors (Lipinski definition) is 2. The molecule has 0 aromatic carbocycles. The first kappa shape index (κ1) is 7.81. The number of fused-ring (bicyclic) bond motifs is 1. The lowest BCUT2D eigenvalue weighted by atomic mass is 10.6. The van der Waals surface area contributed by atoms with E-state index in [0.29, 0.717) is 5.52 Å². The van der Waals surface area contributed by atoms with E-state index < -0.39 is 0 Å². The number of imidazole rings is 1. The molecule has 5 heteroatoms. The number of aromatic nitrogens is 3. The lowest BCUT2D eigenvalue weighted by Crippen LogP contribution is -2.06. The van der Waals surface area contributed by atoms with Gasteiger partial charge in [0.25, 0.3) is 5.56 Å². The van der Waals surface area contributed by atoms with E-state index in [1.165, 1.54) is 6.20 Å². The molecule has 0 aliphatic heterocycles. The number of rotatable bonds is 0. The van der Waals surface area contributed by atoms with Crippen molar-refractivity contribution in [2.24, 2.45) is 0 Å². The van der Waals surface area contributed by atoms with Crippen LogP contribution in [0.1, 0.15) is 0 Å². The minimum absolute atomic E-state index is 0. The van der Waals surface area contributed by atoms with Crippen LogP contribution in [0.3, 0.4) is 0 Å². The Bertz CT molecular complexity index is 405. The molecule has 0 amide bonds. The number of nitrogens with zero attached hydrogens (tertiary/aromatic N) is 2. The largest absolute Gasteiger partial charge is 0.326 e. The zero-order chi connectivity index (χ0) is 6.97. The molecule has 0 aliphatic carbocycles. The monoisotopic (exact) mass is 171 g/mol. The van der Waals surface area contributed by atoms with Gasteiger partial charge in [-0.05, 0) is 0 Å². The van der Waals surface area contributed by atoms with Gasteiger partial charge in [0.2, 0.25) is 0 Å². The molecular formula is C6H6ClN3O. The van der Waals surface area contributed by atoms with Gasteiger partial charge in [0.15, 0.2) is 0 Å². The summed E-state index contributed by atoms with van der Waals surface area (Å²) < 4.78 is 1.67. The smallest absolute Gasteiger partial charge is 0.273 e. The van der Waals surface area contributed by atoms with Crippen LogP contribution >= 0.6 is 12.4 Å². The highest BCUT2D eigenvalue weighted by Gasteiger charge is 1.93. The van der Waals surface area contributed by atoms with Gasteiger partial charge in [0.1, 0.15) is 5.52 Å². The van der Waals surface area contributed by atoms with E-state index in [0.717, 1.165) is 0 Å². The van der Waals surface area contributed by atoms with Gasteiger partial charge < -0.3 is 9.38 Å². The van der Waals surface area contributed by atoms with Gasteiger partial charge in [-0.2, -0.15) is 0 Å². The summed E-state index contributed by atoms with van der Waals surface area (Å²) in [5, 5.41) is 0. The third-order valence-electron chi connectivity index (χ3n) is 1.35. The molecule has 2 heterocycles. The Morgan fingerprint density at radius 2 is 2.36 bits per heavy atom. The Kier molecular flexibility index (Phi) is 1.96. The molecule has 0 saturated carbocycles. The van der Waals surface area contributed by atoms with Crippen molar-refractivity contribution in [1.82, 2.24) is 14.4 Å². The maximum absolute atomic E-state index is 10.9. The molecule has 0 aliphatic rings. The fraction of sp³-hybridized carbons (Fsp3) is 0. The van der Waals surface area contributed by atoms with Crippen molar-refractivity contribution in [1.29, 1.82) is 0 Å². The summed E-state index contributed by atoms with van der Waals surface area (Å²) in [7, 11) is 0. The van der Waals surface area contributed by atoms with Crippen molar-refractivity contribution >= 4 is 17.9 Å². The van der Waals surface area contributed by atoms with Gasteiger partial charge in [0.05, 0.1) is 12.5 Å². The Labute approximate surface area is 68.3 Å². The number of hydrogen-bond donors (Lipinski definition) is 1. The SMILES string of the molecule is Cl.O=c1[nH]ccn2cncc12. The van der Waals surface area contributed by atoms with Crippen LogP contribution in [-0.2, 0) is 0 Å². The maximum Gasteiger partial charge on any atom is 0.273 e. The van der Waals surface area contributed by atoms with Crippen LogP contribution in [0.15, 0.2) is 29.7 Å². The van der Waals surface area contributed by atoms with Crippen LogP contribution in [0.2, 0.25) is 0 Å².